The Kier molecular flexibility index (Phi) is 6.08. The SMILES string of the molecule is CCCNCc1cc(OCc2cccc(O)c2)ccc1Br. The number of hydrogen-bond donors (Lipinski definition) is 2. The molecule has 0 bridgehead atoms. The zero-order valence-electron chi connectivity index (χ0n) is 12.1. The Morgan fingerprint density at radius 3 is 2.81 bits per heavy atom. The highest BCUT2D eigenvalue weighted by Gasteiger charge is 2.03. The second-order valence-electron chi connectivity index (χ2n) is 4.89. The number of hydrogen-bond acceptors (Lipinski definition) is 3. The van der Waals surface area contributed by atoms with E-state index in [-0.39, 0.29) is 5.75 Å². The molecule has 2 aromatic carbocycles. The molecule has 0 amide bonds. The molecule has 0 unspecified atom stereocenters. The number of phenolic OH excluding ortho intramolecular Hbond substituents is 1. The van der Waals surface area contributed by atoms with E-state index < -0.39 is 0 Å². The average molecular weight is 350 g/mol. The maximum atomic E-state index is 9.44. The van der Waals surface area contributed by atoms with Gasteiger partial charge in [0, 0.05) is 11.0 Å². The molecule has 0 saturated heterocycles. The van der Waals surface area contributed by atoms with Crippen molar-refractivity contribution < 1.29 is 9.84 Å². The number of benzene rings is 2. The van der Waals surface area contributed by atoms with Crippen LogP contribution in [0.3, 0.4) is 0 Å². The molecule has 0 fully saturated rings. The maximum Gasteiger partial charge on any atom is 0.120 e. The first-order chi connectivity index (χ1) is 10.2. The van der Waals surface area contributed by atoms with Crippen molar-refractivity contribution in [1.82, 2.24) is 5.32 Å². The minimum absolute atomic E-state index is 0.261. The predicted molar refractivity (Wildman–Crippen MR) is 88.6 cm³/mol. The topological polar surface area (TPSA) is 41.5 Å². The fourth-order valence-electron chi connectivity index (χ4n) is 1.99. The van der Waals surface area contributed by atoms with E-state index in [9.17, 15) is 5.11 Å². The van der Waals surface area contributed by atoms with Crippen molar-refractivity contribution in [3.8, 4) is 11.5 Å². The normalized spacial score (nSPS) is 10.6. The van der Waals surface area contributed by atoms with Crippen molar-refractivity contribution in [2.24, 2.45) is 0 Å². The molecule has 0 aliphatic heterocycles. The fourth-order valence-corrected chi connectivity index (χ4v) is 2.38. The molecule has 0 heterocycles. The van der Waals surface area contributed by atoms with Gasteiger partial charge in [-0.3, -0.25) is 0 Å². The predicted octanol–water partition coefficient (Wildman–Crippen LogP) is 4.23. The van der Waals surface area contributed by atoms with Gasteiger partial charge in [-0.05, 0) is 54.4 Å². The smallest absolute Gasteiger partial charge is 0.120 e. The lowest BCUT2D eigenvalue weighted by atomic mass is 10.2. The third-order valence-electron chi connectivity index (χ3n) is 3.08. The Morgan fingerprint density at radius 1 is 1.19 bits per heavy atom. The van der Waals surface area contributed by atoms with E-state index in [2.05, 4.69) is 28.2 Å². The second kappa shape index (κ2) is 8.05. The molecule has 0 saturated carbocycles. The van der Waals surface area contributed by atoms with Gasteiger partial charge in [0.1, 0.15) is 18.1 Å². The second-order valence-corrected chi connectivity index (χ2v) is 5.74. The molecule has 2 N–H and O–H groups in total. The molecule has 0 radical (unpaired) electrons. The summed E-state index contributed by atoms with van der Waals surface area (Å²) in [6.45, 7) is 4.41. The van der Waals surface area contributed by atoms with Gasteiger partial charge in [0.05, 0.1) is 0 Å². The molecule has 0 atom stereocenters. The van der Waals surface area contributed by atoms with E-state index in [1.54, 1.807) is 12.1 Å². The number of halogens is 1. The lowest BCUT2D eigenvalue weighted by Gasteiger charge is -2.11. The van der Waals surface area contributed by atoms with Crippen LogP contribution in [-0.2, 0) is 13.2 Å². The third kappa shape index (κ3) is 5.06. The van der Waals surface area contributed by atoms with Gasteiger partial charge in [-0.1, -0.05) is 35.0 Å². The summed E-state index contributed by atoms with van der Waals surface area (Å²) in [7, 11) is 0. The van der Waals surface area contributed by atoms with Gasteiger partial charge in [0.2, 0.25) is 0 Å². The highest BCUT2D eigenvalue weighted by Crippen LogP contribution is 2.23. The van der Waals surface area contributed by atoms with Crippen LogP contribution in [0.4, 0.5) is 0 Å². The standard InChI is InChI=1S/C17H20BrNO2/c1-2-8-19-11-14-10-16(6-7-17(14)18)21-12-13-4-3-5-15(20)9-13/h3-7,9-10,19-20H,2,8,11-12H2,1H3. The molecule has 0 aromatic heterocycles. The van der Waals surface area contributed by atoms with Crippen LogP contribution < -0.4 is 10.1 Å². The first-order valence-electron chi connectivity index (χ1n) is 7.09. The summed E-state index contributed by atoms with van der Waals surface area (Å²) < 4.78 is 6.87. The van der Waals surface area contributed by atoms with Crippen LogP contribution in [-0.4, -0.2) is 11.7 Å². The van der Waals surface area contributed by atoms with E-state index in [1.807, 2.05) is 30.3 Å². The molecule has 4 heteroatoms. The van der Waals surface area contributed by atoms with Crippen molar-refractivity contribution in [3.63, 3.8) is 0 Å². The number of aromatic hydroxyl groups is 1. The molecule has 21 heavy (non-hydrogen) atoms. The summed E-state index contributed by atoms with van der Waals surface area (Å²) in [6, 6.07) is 13.1. The van der Waals surface area contributed by atoms with Gasteiger partial charge in [0.15, 0.2) is 0 Å². The molecule has 2 rings (SSSR count). The van der Waals surface area contributed by atoms with Crippen LogP contribution in [0.25, 0.3) is 0 Å². The molecular formula is C17H20BrNO2. The summed E-state index contributed by atoms with van der Waals surface area (Å²) in [5.41, 5.74) is 2.13. The monoisotopic (exact) mass is 349 g/mol. The molecule has 0 aliphatic carbocycles. The highest BCUT2D eigenvalue weighted by molar-refractivity contribution is 9.10. The Balaban J connectivity index is 1.98. The Hall–Kier alpha value is -1.52. The number of rotatable bonds is 7. The van der Waals surface area contributed by atoms with E-state index in [0.717, 1.165) is 35.3 Å². The van der Waals surface area contributed by atoms with Crippen molar-refractivity contribution in [2.45, 2.75) is 26.5 Å². The molecule has 112 valence electrons. The maximum absolute atomic E-state index is 9.44. The van der Waals surface area contributed by atoms with Gasteiger partial charge in [-0.15, -0.1) is 0 Å². The van der Waals surface area contributed by atoms with Gasteiger partial charge in [-0.25, -0.2) is 0 Å². The first kappa shape index (κ1) is 15.9. The zero-order valence-corrected chi connectivity index (χ0v) is 13.7. The lowest BCUT2D eigenvalue weighted by molar-refractivity contribution is 0.305. The van der Waals surface area contributed by atoms with Gasteiger partial charge in [0.25, 0.3) is 0 Å². The van der Waals surface area contributed by atoms with Crippen LogP contribution in [0, 0.1) is 0 Å². The van der Waals surface area contributed by atoms with Crippen LogP contribution in [0.15, 0.2) is 46.9 Å². The summed E-state index contributed by atoms with van der Waals surface area (Å²) in [4.78, 5) is 0. The minimum Gasteiger partial charge on any atom is -0.508 e. The lowest BCUT2D eigenvalue weighted by Crippen LogP contribution is -2.14. The molecule has 0 spiro atoms. The van der Waals surface area contributed by atoms with Crippen molar-refractivity contribution in [1.29, 1.82) is 0 Å². The van der Waals surface area contributed by atoms with E-state index in [4.69, 9.17) is 4.74 Å². The third-order valence-corrected chi connectivity index (χ3v) is 3.85. The molecule has 3 nitrogen and oxygen atoms in total. The van der Waals surface area contributed by atoms with Gasteiger partial charge in [-0.2, -0.15) is 0 Å². The van der Waals surface area contributed by atoms with E-state index in [1.165, 1.54) is 5.56 Å². The summed E-state index contributed by atoms with van der Waals surface area (Å²) in [5.74, 6) is 1.09. The molecular weight excluding hydrogens is 330 g/mol. The molecule has 2 aromatic rings. The highest BCUT2D eigenvalue weighted by atomic mass is 79.9. The minimum atomic E-state index is 0.261. The van der Waals surface area contributed by atoms with Gasteiger partial charge < -0.3 is 15.2 Å². The van der Waals surface area contributed by atoms with E-state index in [0.29, 0.717) is 6.61 Å². The summed E-state index contributed by atoms with van der Waals surface area (Å²) in [5, 5.41) is 12.8. The number of ether oxygens (including phenoxy) is 1. The zero-order chi connectivity index (χ0) is 15.1. The van der Waals surface area contributed by atoms with E-state index >= 15 is 0 Å². The Morgan fingerprint density at radius 2 is 2.05 bits per heavy atom. The van der Waals surface area contributed by atoms with Gasteiger partial charge >= 0.3 is 0 Å². The summed E-state index contributed by atoms with van der Waals surface area (Å²) in [6.07, 6.45) is 1.12. The number of nitrogens with one attached hydrogen (secondary N) is 1. The Bertz CT molecular complexity index is 587. The fraction of sp³-hybridized carbons (Fsp3) is 0.294. The van der Waals surface area contributed by atoms with Crippen LogP contribution in [0.2, 0.25) is 0 Å². The Labute approximate surface area is 134 Å². The van der Waals surface area contributed by atoms with Crippen molar-refractivity contribution in [2.75, 3.05) is 6.54 Å². The quantitative estimate of drug-likeness (QED) is 0.734. The van der Waals surface area contributed by atoms with Crippen LogP contribution in [0.5, 0.6) is 11.5 Å². The van der Waals surface area contributed by atoms with Crippen LogP contribution >= 0.6 is 15.9 Å². The van der Waals surface area contributed by atoms with Crippen molar-refractivity contribution >= 4 is 15.9 Å². The van der Waals surface area contributed by atoms with Crippen molar-refractivity contribution in [3.05, 3.63) is 58.1 Å². The average Bonchev–Trinajstić information content (AvgIpc) is 2.48. The first-order valence-corrected chi connectivity index (χ1v) is 7.88. The largest absolute Gasteiger partial charge is 0.508 e. The summed E-state index contributed by atoms with van der Waals surface area (Å²) >= 11 is 3.56. The van der Waals surface area contributed by atoms with Crippen LogP contribution in [0.1, 0.15) is 24.5 Å². The molecule has 0 aliphatic rings. The number of phenols is 1.